The number of aromatic nitrogens is 3. The quantitative estimate of drug-likeness (QED) is 0.346. The van der Waals surface area contributed by atoms with E-state index in [4.69, 9.17) is 9.41 Å². The number of fused-ring (bicyclic) bond motifs is 1. The second kappa shape index (κ2) is 10.8. The lowest BCUT2D eigenvalue weighted by Gasteiger charge is -2.25. The summed E-state index contributed by atoms with van der Waals surface area (Å²) < 4.78 is 7.46. The van der Waals surface area contributed by atoms with E-state index in [1.165, 1.54) is 0 Å². The monoisotopic (exact) mass is 500 g/mol. The maximum absolute atomic E-state index is 5.41. The molecule has 3 rings (SSSR count). The van der Waals surface area contributed by atoms with E-state index >= 15 is 0 Å². The SMILES string of the molecule is CC(C)CN=C(NCCc1ccco1)NC1CCc2nc(C(C)C)nn2C1.I. The molecule has 2 aromatic rings. The van der Waals surface area contributed by atoms with Gasteiger partial charge in [0.05, 0.1) is 12.8 Å². The molecule has 0 aliphatic carbocycles. The molecule has 0 bridgehead atoms. The molecule has 0 fully saturated rings. The van der Waals surface area contributed by atoms with Gasteiger partial charge in [-0.05, 0) is 24.5 Å². The molecule has 0 saturated carbocycles. The van der Waals surface area contributed by atoms with Crippen molar-refractivity contribution < 1.29 is 4.42 Å². The molecular weight excluding hydrogens is 467 g/mol. The van der Waals surface area contributed by atoms with E-state index in [9.17, 15) is 0 Å². The number of halogens is 1. The van der Waals surface area contributed by atoms with Gasteiger partial charge in [0.25, 0.3) is 0 Å². The zero-order chi connectivity index (χ0) is 19.2. The standard InChI is InChI=1S/C20H32N6O.HI/c1-14(2)12-22-20(21-10-9-17-6-5-11-27-17)23-16-7-8-18-24-19(15(3)4)25-26(18)13-16;/h5-6,11,14-16H,7-10,12-13H2,1-4H3,(H2,21,22,23);1H. The average Bonchev–Trinajstić information content (AvgIpc) is 3.28. The number of aliphatic imine (C=N–C) groups is 1. The van der Waals surface area contributed by atoms with Gasteiger partial charge < -0.3 is 15.1 Å². The summed E-state index contributed by atoms with van der Waals surface area (Å²) in [5, 5.41) is 11.7. The summed E-state index contributed by atoms with van der Waals surface area (Å²) in [6.45, 7) is 11.0. The molecule has 1 atom stereocenters. The molecule has 0 amide bonds. The summed E-state index contributed by atoms with van der Waals surface area (Å²) in [4.78, 5) is 9.41. The summed E-state index contributed by atoms with van der Waals surface area (Å²) in [7, 11) is 0. The summed E-state index contributed by atoms with van der Waals surface area (Å²) >= 11 is 0. The van der Waals surface area contributed by atoms with Gasteiger partial charge in [0, 0.05) is 37.9 Å². The molecule has 3 heterocycles. The van der Waals surface area contributed by atoms with Crippen molar-refractivity contribution in [1.82, 2.24) is 25.4 Å². The first-order valence-corrected chi connectivity index (χ1v) is 10.0. The van der Waals surface area contributed by atoms with Gasteiger partial charge in [0.15, 0.2) is 11.8 Å². The third kappa shape index (κ3) is 6.49. The second-order valence-corrected chi connectivity index (χ2v) is 7.94. The molecule has 156 valence electrons. The van der Waals surface area contributed by atoms with Crippen molar-refractivity contribution >= 4 is 29.9 Å². The van der Waals surface area contributed by atoms with Gasteiger partial charge in [0.1, 0.15) is 11.6 Å². The lowest BCUT2D eigenvalue weighted by Crippen LogP contribution is -2.47. The molecule has 0 aromatic carbocycles. The Balaban J connectivity index is 0.00000280. The number of rotatable bonds is 7. The number of aryl methyl sites for hydroxylation is 1. The minimum atomic E-state index is 0. The molecule has 0 radical (unpaired) electrons. The number of hydrogen-bond donors (Lipinski definition) is 2. The fourth-order valence-corrected chi connectivity index (χ4v) is 3.07. The molecule has 1 aliphatic heterocycles. The van der Waals surface area contributed by atoms with Crippen molar-refractivity contribution in [2.45, 2.75) is 65.5 Å². The Morgan fingerprint density at radius 1 is 1.36 bits per heavy atom. The molecule has 2 aromatic heterocycles. The number of guanidine groups is 1. The lowest BCUT2D eigenvalue weighted by atomic mass is 10.1. The summed E-state index contributed by atoms with van der Waals surface area (Å²) in [5.41, 5.74) is 0. The van der Waals surface area contributed by atoms with Crippen LogP contribution in [-0.4, -0.2) is 39.9 Å². The van der Waals surface area contributed by atoms with Crippen LogP contribution < -0.4 is 10.6 Å². The Hall–Kier alpha value is -1.58. The Morgan fingerprint density at radius 2 is 2.18 bits per heavy atom. The third-order valence-corrected chi connectivity index (χ3v) is 4.59. The van der Waals surface area contributed by atoms with Crippen LogP contribution in [-0.2, 0) is 19.4 Å². The molecule has 7 nitrogen and oxygen atoms in total. The van der Waals surface area contributed by atoms with E-state index in [0.717, 1.165) is 62.3 Å². The fraction of sp³-hybridized carbons (Fsp3) is 0.650. The van der Waals surface area contributed by atoms with Gasteiger partial charge in [-0.3, -0.25) is 4.99 Å². The molecule has 0 saturated heterocycles. The third-order valence-electron chi connectivity index (χ3n) is 4.59. The van der Waals surface area contributed by atoms with Gasteiger partial charge >= 0.3 is 0 Å². The fourth-order valence-electron chi connectivity index (χ4n) is 3.07. The summed E-state index contributed by atoms with van der Waals surface area (Å²) in [5.74, 6) is 4.78. The highest BCUT2D eigenvalue weighted by Gasteiger charge is 2.23. The predicted octanol–water partition coefficient (Wildman–Crippen LogP) is 3.36. The summed E-state index contributed by atoms with van der Waals surface area (Å²) in [6, 6.07) is 4.23. The number of hydrogen-bond acceptors (Lipinski definition) is 4. The van der Waals surface area contributed by atoms with Gasteiger partial charge in [-0.25, -0.2) is 9.67 Å². The second-order valence-electron chi connectivity index (χ2n) is 7.94. The predicted molar refractivity (Wildman–Crippen MR) is 122 cm³/mol. The van der Waals surface area contributed by atoms with Crippen molar-refractivity contribution in [3.8, 4) is 0 Å². The zero-order valence-electron chi connectivity index (χ0n) is 17.3. The van der Waals surface area contributed by atoms with Crippen molar-refractivity contribution in [3.63, 3.8) is 0 Å². The highest BCUT2D eigenvalue weighted by molar-refractivity contribution is 14.0. The largest absolute Gasteiger partial charge is 0.469 e. The van der Waals surface area contributed by atoms with E-state index in [-0.39, 0.29) is 24.0 Å². The van der Waals surface area contributed by atoms with E-state index in [0.29, 0.717) is 17.9 Å². The van der Waals surface area contributed by atoms with Gasteiger partial charge in [-0.1, -0.05) is 27.7 Å². The molecule has 1 unspecified atom stereocenters. The number of nitrogens with one attached hydrogen (secondary N) is 2. The normalized spacial score (nSPS) is 16.8. The van der Waals surface area contributed by atoms with Crippen LogP contribution in [0.4, 0.5) is 0 Å². The molecule has 0 spiro atoms. The van der Waals surface area contributed by atoms with E-state index < -0.39 is 0 Å². The van der Waals surface area contributed by atoms with Crippen LogP contribution >= 0.6 is 24.0 Å². The van der Waals surface area contributed by atoms with Crippen LogP contribution in [0.5, 0.6) is 0 Å². The van der Waals surface area contributed by atoms with Crippen LogP contribution in [0.2, 0.25) is 0 Å². The number of nitrogens with zero attached hydrogens (tertiary/aromatic N) is 4. The van der Waals surface area contributed by atoms with Crippen molar-refractivity contribution in [2.75, 3.05) is 13.1 Å². The Morgan fingerprint density at radius 3 is 2.86 bits per heavy atom. The highest BCUT2D eigenvalue weighted by Crippen LogP contribution is 2.17. The zero-order valence-corrected chi connectivity index (χ0v) is 19.6. The van der Waals surface area contributed by atoms with Crippen molar-refractivity contribution in [2.24, 2.45) is 10.9 Å². The molecule has 8 heteroatoms. The average molecular weight is 500 g/mol. The topological polar surface area (TPSA) is 80.3 Å². The van der Waals surface area contributed by atoms with Crippen LogP contribution in [0.15, 0.2) is 27.8 Å². The first-order chi connectivity index (χ1) is 13.0. The Bertz CT molecular complexity index is 738. The van der Waals surface area contributed by atoms with Gasteiger partial charge in [-0.2, -0.15) is 5.10 Å². The Kier molecular flexibility index (Phi) is 8.78. The first kappa shape index (κ1) is 22.7. The number of furan rings is 1. The van der Waals surface area contributed by atoms with E-state index in [2.05, 4.69) is 53.1 Å². The smallest absolute Gasteiger partial charge is 0.191 e. The first-order valence-electron chi connectivity index (χ1n) is 10.0. The highest BCUT2D eigenvalue weighted by atomic mass is 127. The molecular formula is C20H33IN6O. The van der Waals surface area contributed by atoms with Crippen molar-refractivity contribution in [1.29, 1.82) is 0 Å². The molecule has 2 N–H and O–H groups in total. The minimum absolute atomic E-state index is 0. The van der Waals surface area contributed by atoms with Crippen LogP contribution in [0, 0.1) is 5.92 Å². The van der Waals surface area contributed by atoms with E-state index in [1.807, 2.05) is 12.1 Å². The van der Waals surface area contributed by atoms with Gasteiger partial charge in [0.2, 0.25) is 0 Å². The maximum Gasteiger partial charge on any atom is 0.191 e. The van der Waals surface area contributed by atoms with Crippen LogP contribution in [0.3, 0.4) is 0 Å². The molecule has 28 heavy (non-hydrogen) atoms. The molecule has 1 aliphatic rings. The minimum Gasteiger partial charge on any atom is -0.469 e. The van der Waals surface area contributed by atoms with Crippen LogP contribution in [0.25, 0.3) is 0 Å². The van der Waals surface area contributed by atoms with E-state index in [1.54, 1.807) is 6.26 Å². The maximum atomic E-state index is 5.41. The lowest BCUT2D eigenvalue weighted by molar-refractivity contribution is 0.391. The van der Waals surface area contributed by atoms with Crippen LogP contribution in [0.1, 0.15) is 57.4 Å². The van der Waals surface area contributed by atoms with Crippen molar-refractivity contribution in [3.05, 3.63) is 35.8 Å². The Labute approximate surface area is 184 Å². The van der Waals surface area contributed by atoms with Gasteiger partial charge in [-0.15, -0.1) is 24.0 Å². The summed E-state index contributed by atoms with van der Waals surface area (Å²) in [6.07, 6.45) is 4.54.